The molecule has 0 saturated heterocycles. The van der Waals surface area contributed by atoms with Gasteiger partial charge in [-0.15, -0.1) is 0 Å². The summed E-state index contributed by atoms with van der Waals surface area (Å²) >= 11 is 0. The van der Waals surface area contributed by atoms with E-state index < -0.39 is 0 Å². The highest BCUT2D eigenvalue weighted by Gasteiger charge is 2.36. The molecule has 0 radical (unpaired) electrons. The number of rotatable bonds is 4. The van der Waals surface area contributed by atoms with E-state index in [-0.39, 0.29) is 0 Å². The molecule has 3 rings (SSSR count). The molecule has 168 valence electrons. The molecule has 0 heteroatoms. The summed E-state index contributed by atoms with van der Waals surface area (Å²) < 4.78 is 0. The third kappa shape index (κ3) is 9.27. The molecule has 0 nitrogen and oxygen atoms in total. The molecule has 0 bridgehead atoms. The molecular weight excluding hydrogens is 348 g/mol. The van der Waals surface area contributed by atoms with E-state index in [1.807, 2.05) is 0 Å². The second-order valence-corrected chi connectivity index (χ2v) is 10.1. The van der Waals surface area contributed by atoms with Crippen LogP contribution < -0.4 is 0 Å². The molecule has 1 atom stereocenters. The Morgan fingerprint density at radius 2 is 1.41 bits per heavy atom. The van der Waals surface area contributed by atoms with Crippen molar-refractivity contribution in [3.63, 3.8) is 0 Å². The van der Waals surface area contributed by atoms with Crippen molar-refractivity contribution in [2.24, 2.45) is 11.3 Å². The van der Waals surface area contributed by atoms with Crippen LogP contribution in [-0.4, -0.2) is 0 Å². The maximum absolute atomic E-state index is 3.98. The molecule has 29 heavy (non-hydrogen) atoms. The Hall–Kier alpha value is -0.780. The summed E-state index contributed by atoms with van der Waals surface area (Å²) in [6.07, 6.45) is 23.7. The minimum Gasteiger partial charge on any atom is -0.0958 e. The second kappa shape index (κ2) is 14.3. The van der Waals surface area contributed by atoms with Gasteiger partial charge in [0.2, 0.25) is 0 Å². The summed E-state index contributed by atoms with van der Waals surface area (Å²) in [7, 11) is 0. The van der Waals surface area contributed by atoms with Crippen LogP contribution in [0, 0.1) is 11.3 Å². The van der Waals surface area contributed by atoms with Crippen LogP contribution in [0.4, 0.5) is 0 Å². The molecule has 0 aliphatic heterocycles. The molecular formula is C29H52. The Labute approximate surface area is 184 Å². The highest BCUT2D eigenvalue weighted by molar-refractivity contribution is 5.35. The van der Waals surface area contributed by atoms with E-state index in [9.17, 15) is 0 Å². The van der Waals surface area contributed by atoms with Crippen molar-refractivity contribution in [3.8, 4) is 0 Å². The van der Waals surface area contributed by atoms with Gasteiger partial charge in [-0.3, -0.25) is 0 Å². The standard InChI is InChI=1S/C14H22.C10H20.C5H10/c1-11(2)13(4)10-14-9-7-5-6-8-12(14)3;1-4-10(5-2)8-6-7-9(10)3;1-2-4-5-3-1/h10H,1,5-9H2,2-4H3;9H,4-8H2,1-3H3;1-5H2/b13-10+;;. The Kier molecular flexibility index (Phi) is 12.9. The SMILES string of the molecule is C1CCCC1.C=C(C)/C(C)=C/C1=C(C)CCCCC1.CCC1(CC)CCCC1C. The van der Waals surface area contributed by atoms with E-state index in [1.54, 1.807) is 11.1 Å². The van der Waals surface area contributed by atoms with Gasteiger partial charge in [0, 0.05) is 0 Å². The zero-order valence-electron chi connectivity index (χ0n) is 21.0. The van der Waals surface area contributed by atoms with Crippen molar-refractivity contribution >= 4 is 0 Å². The van der Waals surface area contributed by atoms with Gasteiger partial charge in [-0.1, -0.05) is 109 Å². The fourth-order valence-corrected chi connectivity index (χ4v) is 5.33. The molecule has 0 amide bonds. The van der Waals surface area contributed by atoms with Crippen LogP contribution in [0.15, 0.2) is 34.9 Å². The minimum atomic E-state index is 0.736. The smallest absolute Gasteiger partial charge is 0.0277 e. The van der Waals surface area contributed by atoms with Gasteiger partial charge in [-0.2, -0.15) is 0 Å². The van der Waals surface area contributed by atoms with Crippen molar-refractivity contribution in [2.45, 2.75) is 138 Å². The zero-order valence-corrected chi connectivity index (χ0v) is 21.0. The predicted octanol–water partition coefficient (Wildman–Crippen LogP) is 10.4. The largest absolute Gasteiger partial charge is 0.0958 e. The van der Waals surface area contributed by atoms with Crippen molar-refractivity contribution in [1.82, 2.24) is 0 Å². The molecule has 2 fully saturated rings. The fraction of sp³-hybridized carbons (Fsp3) is 0.793. The van der Waals surface area contributed by atoms with E-state index in [0.717, 1.165) is 11.3 Å². The summed E-state index contributed by atoms with van der Waals surface area (Å²) in [5.41, 5.74) is 6.40. The lowest BCUT2D eigenvalue weighted by atomic mass is 9.74. The van der Waals surface area contributed by atoms with Gasteiger partial charge in [0.15, 0.2) is 0 Å². The Balaban J connectivity index is 0.000000242. The fourth-order valence-electron chi connectivity index (χ4n) is 5.33. The molecule has 3 aliphatic carbocycles. The molecule has 0 spiro atoms. The van der Waals surface area contributed by atoms with Crippen LogP contribution in [0.25, 0.3) is 0 Å². The average molecular weight is 401 g/mol. The summed E-state index contributed by atoms with van der Waals surface area (Å²) in [6, 6.07) is 0. The molecule has 0 heterocycles. The number of hydrogen-bond donors (Lipinski definition) is 0. The first-order chi connectivity index (χ1) is 13.9. The van der Waals surface area contributed by atoms with Gasteiger partial charge in [0.25, 0.3) is 0 Å². The van der Waals surface area contributed by atoms with Gasteiger partial charge < -0.3 is 0 Å². The van der Waals surface area contributed by atoms with E-state index in [1.165, 1.54) is 107 Å². The lowest BCUT2D eigenvalue weighted by Crippen LogP contribution is -2.21. The third-order valence-electron chi connectivity index (χ3n) is 8.13. The van der Waals surface area contributed by atoms with Crippen molar-refractivity contribution in [2.75, 3.05) is 0 Å². The van der Waals surface area contributed by atoms with E-state index >= 15 is 0 Å². The topological polar surface area (TPSA) is 0 Å². The summed E-state index contributed by atoms with van der Waals surface area (Å²) in [5, 5.41) is 0. The highest BCUT2D eigenvalue weighted by atomic mass is 14.4. The second-order valence-electron chi connectivity index (χ2n) is 10.1. The summed E-state index contributed by atoms with van der Waals surface area (Å²) in [6.45, 7) is 17.6. The van der Waals surface area contributed by atoms with Crippen LogP contribution in [0.5, 0.6) is 0 Å². The number of hydrogen-bond acceptors (Lipinski definition) is 0. The third-order valence-corrected chi connectivity index (χ3v) is 8.13. The quantitative estimate of drug-likeness (QED) is 0.411. The number of allylic oxidation sites excluding steroid dienone is 5. The van der Waals surface area contributed by atoms with Crippen LogP contribution in [0.2, 0.25) is 0 Å². The van der Waals surface area contributed by atoms with E-state index in [0.29, 0.717) is 0 Å². The Bertz CT molecular complexity index is 515. The lowest BCUT2D eigenvalue weighted by molar-refractivity contribution is 0.196. The van der Waals surface area contributed by atoms with Crippen molar-refractivity contribution < 1.29 is 0 Å². The predicted molar refractivity (Wildman–Crippen MR) is 133 cm³/mol. The normalized spacial score (nSPS) is 24.2. The van der Waals surface area contributed by atoms with E-state index in [2.05, 4.69) is 54.2 Å². The van der Waals surface area contributed by atoms with Crippen LogP contribution in [0.3, 0.4) is 0 Å². The first-order valence-electron chi connectivity index (χ1n) is 12.9. The van der Waals surface area contributed by atoms with Crippen LogP contribution >= 0.6 is 0 Å². The minimum absolute atomic E-state index is 0.736. The maximum atomic E-state index is 3.98. The lowest BCUT2D eigenvalue weighted by Gasteiger charge is -2.31. The zero-order chi connectivity index (χ0) is 21.7. The molecule has 0 aromatic rings. The van der Waals surface area contributed by atoms with Gasteiger partial charge in [-0.25, -0.2) is 0 Å². The average Bonchev–Trinajstić information content (AvgIpc) is 3.36. The Morgan fingerprint density at radius 1 is 0.897 bits per heavy atom. The maximum Gasteiger partial charge on any atom is -0.0277 e. The van der Waals surface area contributed by atoms with Gasteiger partial charge in [0.05, 0.1) is 0 Å². The molecule has 3 aliphatic rings. The van der Waals surface area contributed by atoms with Crippen molar-refractivity contribution in [3.05, 3.63) is 34.9 Å². The molecule has 1 unspecified atom stereocenters. The van der Waals surface area contributed by atoms with Gasteiger partial charge >= 0.3 is 0 Å². The first kappa shape index (κ1) is 26.3. The van der Waals surface area contributed by atoms with Crippen LogP contribution in [0.1, 0.15) is 138 Å². The monoisotopic (exact) mass is 400 g/mol. The summed E-state index contributed by atoms with van der Waals surface area (Å²) in [5.74, 6) is 0.988. The highest BCUT2D eigenvalue weighted by Crippen LogP contribution is 2.47. The van der Waals surface area contributed by atoms with Crippen molar-refractivity contribution in [1.29, 1.82) is 0 Å². The van der Waals surface area contributed by atoms with E-state index in [4.69, 9.17) is 0 Å². The Morgan fingerprint density at radius 3 is 1.83 bits per heavy atom. The summed E-state index contributed by atoms with van der Waals surface area (Å²) in [4.78, 5) is 0. The van der Waals surface area contributed by atoms with Gasteiger partial charge in [0.1, 0.15) is 0 Å². The molecule has 0 aromatic carbocycles. The van der Waals surface area contributed by atoms with Gasteiger partial charge in [-0.05, 0) is 75.4 Å². The molecule has 0 N–H and O–H groups in total. The molecule has 0 aromatic heterocycles. The first-order valence-corrected chi connectivity index (χ1v) is 12.9. The van der Waals surface area contributed by atoms with Crippen LogP contribution in [-0.2, 0) is 0 Å². The molecule has 2 saturated carbocycles.